The van der Waals surface area contributed by atoms with Crippen LogP contribution in [0.1, 0.15) is 40.0 Å². The van der Waals surface area contributed by atoms with Gasteiger partial charge in [-0.3, -0.25) is 0 Å². The van der Waals surface area contributed by atoms with Crippen molar-refractivity contribution in [2.75, 3.05) is 5.75 Å². The second-order valence-corrected chi connectivity index (χ2v) is 8.13. The van der Waals surface area contributed by atoms with E-state index in [1.807, 2.05) is 0 Å². The first-order valence-electron chi connectivity index (χ1n) is 6.38. The molecule has 0 spiro atoms. The Morgan fingerprint density at radius 1 is 1.12 bits per heavy atom. The lowest BCUT2D eigenvalue weighted by molar-refractivity contribution is 0.235. The van der Waals surface area contributed by atoms with E-state index in [1.165, 1.54) is 0 Å². The van der Waals surface area contributed by atoms with E-state index in [-0.39, 0.29) is 11.3 Å². The highest BCUT2D eigenvalue weighted by Crippen LogP contribution is 2.35. The van der Waals surface area contributed by atoms with Crippen LogP contribution in [0.2, 0.25) is 0 Å². The first kappa shape index (κ1) is 12.4. The molecule has 0 bridgehead atoms. The monoisotopic (exact) mass is 245 g/mol. The van der Waals surface area contributed by atoms with E-state index in [0.29, 0.717) is 23.6 Å². The predicted octanol–water partition coefficient (Wildman–Crippen LogP) is 1.59. The standard InChI is InChI=1S/C12H23NO2S/c1-8-6-9(2)12-11(7-8)13-10(3)4-5-16(12,14)15/h8-13H,4-7H2,1-3H3. The first-order valence-corrected chi connectivity index (χ1v) is 8.09. The molecule has 16 heavy (non-hydrogen) atoms. The molecule has 2 aliphatic rings. The topological polar surface area (TPSA) is 46.2 Å². The molecule has 1 saturated heterocycles. The van der Waals surface area contributed by atoms with Crippen molar-refractivity contribution in [1.82, 2.24) is 5.32 Å². The third kappa shape index (κ3) is 2.28. The van der Waals surface area contributed by atoms with E-state index in [0.717, 1.165) is 19.3 Å². The lowest BCUT2D eigenvalue weighted by Gasteiger charge is -2.38. The van der Waals surface area contributed by atoms with E-state index in [1.54, 1.807) is 0 Å². The minimum absolute atomic E-state index is 0.145. The molecular formula is C12H23NO2S. The Morgan fingerprint density at radius 2 is 1.81 bits per heavy atom. The summed E-state index contributed by atoms with van der Waals surface area (Å²) in [6, 6.07) is 0.517. The van der Waals surface area contributed by atoms with Gasteiger partial charge >= 0.3 is 0 Å². The number of fused-ring (bicyclic) bond motifs is 1. The van der Waals surface area contributed by atoms with Crippen molar-refractivity contribution in [2.24, 2.45) is 11.8 Å². The second-order valence-electron chi connectivity index (χ2n) is 5.85. The molecule has 0 aromatic carbocycles. The number of hydrogen-bond donors (Lipinski definition) is 1. The van der Waals surface area contributed by atoms with Crippen LogP contribution in [0.25, 0.3) is 0 Å². The maximum Gasteiger partial charge on any atom is 0.155 e. The van der Waals surface area contributed by atoms with Crippen molar-refractivity contribution in [3.05, 3.63) is 0 Å². The summed E-state index contributed by atoms with van der Waals surface area (Å²) in [5, 5.41) is 3.37. The highest BCUT2D eigenvalue weighted by Gasteiger charge is 2.43. The zero-order valence-electron chi connectivity index (χ0n) is 10.4. The quantitative estimate of drug-likeness (QED) is 0.705. The van der Waals surface area contributed by atoms with Gasteiger partial charge in [0.2, 0.25) is 0 Å². The summed E-state index contributed by atoms with van der Waals surface area (Å²) in [7, 11) is -2.89. The molecule has 5 atom stereocenters. The van der Waals surface area contributed by atoms with Crippen molar-refractivity contribution >= 4 is 9.84 Å². The largest absolute Gasteiger partial charge is 0.310 e. The van der Waals surface area contributed by atoms with Gasteiger partial charge in [0.15, 0.2) is 9.84 Å². The molecule has 0 amide bonds. The molecule has 94 valence electrons. The zero-order chi connectivity index (χ0) is 11.9. The maximum atomic E-state index is 12.3. The van der Waals surface area contributed by atoms with Crippen LogP contribution in [0, 0.1) is 11.8 Å². The van der Waals surface area contributed by atoms with Crippen molar-refractivity contribution in [1.29, 1.82) is 0 Å². The molecule has 0 radical (unpaired) electrons. The molecule has 2 fully saturated rings. The second kappa shape index (κ2) is 4.30. The fourth-order valence-corrected chi connectivity index (χ4v) is 5.99. The van der Waals surface area contributed by atoms with E-state index in [2.05, 4.69) is 26.1 Å². The van der Waals surface area contributed by atoms with E-state index < -0.39 is 9.84 Å². The van der Waals surface area contributed by atoms with Crippen LogP contribution < -0.4 is 5.32 Å². The summed E-state index contributed by atoms with van der Waals surface area (Å²) in [4.78, 5) is 0. The van der Waals surface area contributed by atoms with E-state index >= 15 is 0 Å². The average molecular weight is 245 g/mol. The van der Waals surface area contributed by atoms with E-state index in [4.69, 9.17) is 0 Å². The number of rotatable bonds is 0. The molecular weight excluding hydrogens is 222 g/mol. The Bertz CT molecular complexity index is 352. The summed E-state index contributed by atoms with van der Waals surface area (Å²) in [6.45, 7) is 6.43. The molecule has 1 aliphatic heterocycles. The molecule has 1 heterocycles. The summed E-state index contributed by atoms with van der Waals surface area (Å²) >= 11 is 0. The molecule has 1 N–H and O–H groups in total. The molecule has 3 nitrogen and oxygen atoms in total. The highest BCUT2D eigenvalue weighted by molar-refractivity contribution is 7.92. The highest BCUT2D eigenvalue weighted by atomic mass is 32.2. The van der Waals surface area contributed by atoms with Crippen LogP contribution >= 0.6 is 0 Å². The van der Waals surface area contributed by atoms with Crippen LogP contribution in [0.4, 0.5) is 0 Å². The van der Waals surface area contributed by atoms with Crippen LogP contribution in [-0.2, 0) is 9.84 Å². The van der Waals surface area contributed by atoms with Gasteiger partial charge in [-0.05, 0) is 38.0 Å². The van der Waals surface area contributed by atoms with Gasteiger partial charge in [-0.1, -0.05) is 13.8 Å². The molecule has 0 aromatic heterocycles. The smallest absolute Gasteiger partial charge is 0.155 e. The molecule has 4 heteroatoms. The number of hydrogen-bond acceptors (Lipinski definition) is 3. The lowest BCUT2D eigenvalue weighted by Crippen LogP contribution is -2.51. The van der Waals surface area contributed by atoms with Crippen molar-refractivity contribution in [3.8, 4) is 0 Å². The van der Waals surface area contributed by atoms with Crippen LogP contribution in [0.15, 0.2) is 0 Å². The Hall–Kier alpha value is -0.0900. The minimum Gasteiger partial charge on any atom is -0.310 e. The molecule has 1 aliphatic carbocycles. The minimum atomic E-state index is -2.89. The van der Waals surface area contributed by atoms with Crippen LogP contribution in [0.3, 0.4) is 0 Å². The maximum absolute atomic E-state index is 12.3. The Labute approximate surface area is 98.9 Å². The zero-order valence-corrected chi connectivity index (χ0v) is 11.3. The summed E-state index contributed by atoms with van der Waals surface area (Å²) in [5.41, 5.74) is 0. The third-order valence-electron chi connectivity index (χ3n) is 4.14. The summed E-state index contributed by atoms with van der Waals surface area (Å²) < 4.78 is 24.5. The third-order valence-corrected chi connectivity index (χ3v) is 6.56. The van der Waals surface area contributed by atoms with Crippen molar-refractivity contribution in [2.45, 2.75) is 57.4 Å². The van der Waals surface area contributed by atoms with Gasteiger partial charge in [-0.2, -0.15) is 0 Å². The van der Waals surface area contributed by atoms with Gasteiger partial charge in [0.1, 0.15) is 0 Å². The predicted molar refractivity (Wildman–Crippen MR) is 66.1 cm³/mol. The summed E-state index contributed by atoms with van der Waals surface area (Å²) in [6.07, 6.45) is 2.82. The normalized spacial score (nSPS) is 48.1. The Balaban J connectivity index is 2.30. The molecule has 5 unspecified atom stereocenters. The van der Waals surface area contributed by atoms with Crippen molar-refractivity contribution < 1.29 is 8.42 Å². The average Bonchev–Trinajstić information content (AvgIpc) is 2.22. The SMILES string of the molecule is CC1CC(C)C2C(C1)NC(C)CCS2(=O)=O. The number of sulfone groups is 1. The van der Waals surface area contributed by atoms with Crippen molar-refractivity contribution in [3.63, 3.8) is 0 Å². The van der Waals surface area contributed by atoms with Gasteiger partial charge in [-0.25, -0.2) is 8.42 Å². The van der Waals surface area contributed by atoms with Crippen LogP contribution in [0.5, 0.6) is 0 Å². The van der Waals surface area contributed by atoms with Gasteiger partial charge in [0.05, 0.1) is 11.0 Å². The van der Waals surface area contributed by atoms with Gasteiger partial charge < -0.3 is 5.32 Å². The Kier molecular flexibility index (Phi) is 3.32. The fraction of sp³-hybridized carbons (Fsp3) is 1.00. The molecule has 1 saturated carbocycles. The van der Waals surface area contributed by atoms with Gasteiger partial charge in [0, 0.05) is 12.1 Å². The first-order chi connectivity index (χ1) is 7.40. The summed E-state index contributed by atoms with van der Waals surface area (Å²) in [5.74, 6) is 1.31. The lowest BCUT2D eigenvalue weighted by atomic mass is 9.79. The van der Waals surface area contributed by atoms with E-state index in [9.17, 15) is 8.42 Å². The van der Waals surface area contributed by atoms with Gasteiger partial charge in [-0.15, -0.1) is 0 Å². The van der Waals surface area contributed by atoms with Crippen LogP contribution in [-0.4, -0.2) is 31.5 Å². The fourth-order valence-electron chi connectivity index (χ4n) is 3.52. The molecule has 0 aromatic rings. The van der Waals surface area contributed by atoms with Gasteiger partial charge in [0.25, 0.3) is 0 Å². The molecule has 2 rings (SSSR count). The Morgan fingerprint density at radius 3 is 2.50 bits per heavy atom. The number of nitrogens with one attached hydrogen (secondary N) is 1.